The highest BCUT2D eigenvalue weighted by Crippen LogP contribution is 2.10. The van der Waals surface area contributed by atoms with Crippen molar-refractivity contribution >= 4 is 0 Å². The van der Waals surface area contributed by atoms with Crippen molar-refractivity contribution in [1.82, 2.24) is 5.32 Å². The van der Waals surface area contributed by atoms with Crippen molar-refractivity contribution in [3.63, 3.8) is 0 Å². The summed E-state index contributed by atoms with van der Waals surface area (Å²) in [5.41, 5.74) is 5.84. The number of unbranched alkanes of at least 4 members (excludes halogenated alkanes) is 4. The van der Waals surface area contributed by atoms with Crippen molar-refractivity contribution in [3.8, 4) is 0 Å². The molecular weight excluding hydrogens is 172 g/mol. The molecule has 0 saturated heterocycles. The Hall–Kier alpha value is -0.0800. The van der Waals surface area contributed by atoms with Gasteiger partial charge in [0.1, 0.15) is 0 Å². The molecule has 0 aromatic rings. The van der Waals surface area contributed by atoms with Crippen molar-refractivity contribution in [1.29, 1.82) is 0 Å². The van der Waals surface area contributed by atoms with E-state index < -0.39 is 0 Å². The molecule has 0 bridgehead atoms. The maximum atomic E-state index is 5.43. The third kappa shape index (κ3) is 11.9. The van der Waals surface area contributed by atoms with Crippen molar-refractivity contribution in [3.05, 3.63) is 0 Å². The van der Waals surface area contributed by atoms with Gasteiger partial charge in [0.25, 0.3) is 0 Å². The van der Waals surface area contributed by atoms with Crippen LogP contribution in [0.25, 0.3) is 0 Å². The van der Waals surface area contributed by atoms with Gasteiger partial charge in [0.05, 0.1) is 0 Å². The van der Waals surface area contributed by atoms with Crippen LogP contribution in [-0.2, 0) is 0 Å². The largest absolute Gasteiger partial charge is 0.330 e. The van der Waals surface area contributed by atoms with E-state index in [2.05, 4.69) is 26.1 Å². The number of hydrogen-bond acceptors (Lipinski definition) is 2. The second kappa shape index (κ2) is 8.25. The normalized spacial score (nSPS) is 12.0. The van der Waals surface area contributed by atoms with Gasteiger partial charge in [0, 0.05) is 0 Å². The van der Waals surface area contributed by atoms with Crippen molar-refractivity contribution in [2.24, 2.45) is 11.1 Å². The summed E-state index contributed by atoms with van der Waals surface area (Å²) in [5, 5.41) is 3.49. The molecule has 2 nitrogen and oxygen atoms in total. The molecule has 14 heavy (non-hydrogen) atoms. The summed E-state index contributed by atoms with van der Waals surface area (Å²) in [7, 11) is 0. The highest BCUT2D eigenvalue weighted by Gasteiger charge is 2.07. The molecule has 86 valence electrons. The Balaban J connectivity index is 2.99. The van der Waals surface area contributed by atoms with E-state index in [9.17, 15) is 0 Å². The molecule has 0 aliphatic rings. The highest BCUT2D eigenvalue weighted by atomic mass is 14.9. The first-order chi connectivity index (χ1) is 6.56. The summed E-state index contributed by atoms with van der Waals surface area (Å²) in [6.45, 7) is 9.93. The van der Waals surface area contributed by atoms with Gasteiger partial charge in [-0.25, -0.2) is 0 Å². The molecule has 2 heteroatoms. The third-order valence-corrected chi connectivity index (χ3v) is 2.21. The Labute approximate surface area is 89.6 Å². The van der Waals surface area contributed by atoms with Gasteiger partial charge in [-0.1, -0.05) is 40.0 Å². The van der Waals surface area contributed by atoms with Gasteiger partial charge in [-0.15, -0.1) is 0 Å². The van der Waals surface area contributed by atoms with E-state index >= 15 is 0 Å². The SMILES string of the molecule is CC(C)(C)CNCCCCCCCN. The lowest BCUT2D eigenvalue weighted by molar-refractivity contribution is 0.377. The molecule has 0 aromatic heterocycles. The molecule has 0 atom stereocenters. The van der Waals surface area contributed by atoms with Crippen molar-refractivity contribution in [2.45, 2.75) is 52.9 Å². The van der Waals surface area contributed by atoms with E-state index in [4.69, 9.17) is 5.73 Å². The molecule has 0 saturated carbocycles. The summed E-state index contributed by atoms with van der Waals surface area (Å²) in [6.07, 6.45) is 6.48. The van der Waals surface area contributed by atoms with Gasteiger partial charge in [0.2, 0.25) is 0 Å². The molecule has 3 N–H and O–H groups in total. The van der Waals surface area contributed by atoms with Crippen LogP contribution in [-0.4, -0.2) is 19.6 Å². The number of rotatable bonds is 8. The lowest BCUT2D eigenvalue weighted by Crippen LogP contribution is -2.27. The van der Waals surface area contributed by atoms with Crippen LogP contribution in [0.3, 0.4) is 0 Å². The molecule has 0 unspecified atom stereocenters. The summed E-state index contributed by atoms with van der Waals surface area (Å²) >= 11 is 0. The Morgan fingerprint density at radius 3 is 2.07 bits per heavy atom. The standard InChI is InChI=1S/C12H28N2/c1-12(2,3)11-14-10-8-6-4-5-7-9-13/h14H,4-11,13H2,1-3H3. The Kier molecular flexibility index (Phi) is 8.20. The van der Waals surface area contributed by atoms with Gasteiger partial charge < -0.3 is 11.1 Å². The van der Waals surface area contributed by atoms with Crippen LogP contribution in [0.1, 0.15) is 52.9 Å². The predicted molar refractivity (Wildman–Crippen MR) is 64.5 cm³/mol. The molecule has 0 aromatic carbocycles. The number of nitrogens with two attached hydrogens (primary N) is 1. The fraction of sp³-hybridized carbons (Fsp3) is 1.00. The number of hydrogen-bond donors (Lipinski definition) is 2. The minimum Gasteiger partial charge on any atom is -0.330 e. The predicted octanol–water partition coefficient (Wildman–Crippen LogP) is 2.53. The van der Waals surface area contributed by atoms with Crippen LogP contribution in [0.15, 0.2) is 0 Å². The molecular formula is C12H28N2. The summed E-state index contributed by atoms with van der Waals surface area (Å²) in [6, 6.07) is 0. The quantitative estimate of drug-likeness (QED) is 0.591. The molecule has 0 heterocycles. The molecule has 0 aliphatic carbocycles. The summed E-state index contributed by atoms with van der Waals surface area (Å²) in [4.78, 5) is 0. The second-order valence-electron chi connectivity index (χ2n) is 5.29. The van der Waals surface area contributed by atoms with Crippen LogP contribution in [0.2, 0.25) is 0 Å². The fourth-order valence-electron chi connectivity index (χ4n) is 1.39. The number of nitrogens with one attached hydrogen (secondary N) is 1. The average molecular weight is 200 g/mol. The van der Waals surface area contributed by atoms with Gasteiger partial charge in [-0.2, -0.15) is 0 Å². The van der Waals surface area contributed by atoms with Crippen molar-refractivity contribution < 1.29 is 0 Å². The van der Waals surface area contributed by atoms with E-state index in [0.717, 1.165) is 13.1 Å². The maximum absolute atomic E-state index is 5.43. The van der Waals surface area contributed by atoms with Gasteiger partial charge in [-0.05, 0) is 37.9 Å². The van der Waals surface area contributed by atoms with Crippen LogP contribution in [0.5, 0.6) is 0 Å². The summed E-state index contributed by atoms with van der Waals surface area (Å²) in [5.74, 6) is 0. The zero-order valence-electron chi connectivity index (χ0n) is 10.2. The topological polar surface area (TPSA) is 38.0 Å². The third-order valence-electron chi connectivity index (χ3n) is 2.21. The van der Waals surface area contributed by atoms with E-state index in [0.29, 0.717) is 5.41 Å². The fourth-order valence-corrected chi connectivity index (χ4v) is 1.39. The van der Waals surface area contributed by atoms with Crippen LogP contribution >= 0.6 is 0 Å². The minimum atomic E-state index is 0.416. The molecule has 0 amide bonds. The smallest absolute Gasteiger partial charge is 0.0000126 e. The first-order valence-corrected chi connectivity index (χ1v) is 5.97. The lowest BCUT2D eigenvalue weighted by Gasteiger charge is -2.18. The van der Waals surface area contributed by atoms with Crippen molar-refractivity contribution in [2.75, 3.05) is 19.6 Å². The van der Waals surface area contributed by atoms with Gasteiger partial charge in [-0.3, -0.25) is 0 Å². The molecule has 0 fully saturated rings. The van der Waals surface area contributed by atoms with E-state index in [1.54, 1.807) is 0 Å². The molecule has 0 aliphatic heterocycles. The first kappa shape index (κ1) is 13.9. The Morgan fingerprint density at radius 1 is 0.929 bits per heavy atom. The Morgan fingerprint density at radius 2 is 1.50 bits per heavy atom. The van der Waals surface area contributed by atoms with Crippen LogP contribution in [0.4, 0.5) is 0 Å². The lowest BCUT2D eigenvalue weighted by atomic mass is 9.97. The zero-order valence-corrected chi connectivity index (χ0v) is 10.2. The zero-order chi connectivity index (χ0) is 10.9. The van der Waals surface area contributed by atoms with E-state index in [1.807, 2.05) is 0 Å². The Bertz CT molecular complexity index is 116. The minimum absolute atomic E-state index is 0.416. The van der Waals surface area contributed by atoms with E-state index in [1.165, 1.54) is 38.6 Å². The maximum Gasteiger partial charge on any atom is -0.0000126 e. The average Bonchev–Trinajstić information content (AvgIpc) is 2.08. The van der Waals surface area contributed by atoms with Gasteiger partial charge in [0.15, 0.2) is 0 Å². The first-order valence-electron chi connectivity index (χ1n) is 5.97. The summed E-state index contributed by atoms with van der Waals surface area (Å²) < 4.78 is 0. The second-order valence-corrected chi connectivity index (χ2v) is 5.29. The highest BCUT2D eigenvalue weighted by molar-refractivity contribution is 4.64. The van der Waals surface area contributed by atoms with E-state index in [-0.39, 0.29) is 0 Å². The molecule has 0 radical (unpaired) electrons. The van der Waals surface area contributed by atoms with Crippen LogP contribution < -0.4 is 11.1 Å². The van der Waals surface area contributed by atoms with Crippen LogP contribution in [0, 0.1) is 5.41 Å². The van der Waals surface area contributed by atoms with Gasteiger partial charge >= 0.3 is 0 Å². The molecule has 0 rings (SSSR count). The monoisotopic (exact) mass is 200 g/mol. The molecule has 0 spiro atoms.